The van der Waals surface area contributed by atoms with Crippen molar-refractivity contribution in [1.29, 1.82) is 0 Å². The maximum atomic E-state index is 10.1. The zero-order valence-electron chi connectivity index (χ0n) is 12.2. The zero-order valence-corrected chi connectivity index (χ0v) is 12.2. The Morgan fingerprint density at radius 1 is 1.27 bits per heavy atom. The molecule has 1 heterocycles. The Balaban J connectivity index is 1.95. The van der Waals surface area contributed by atoms with Crippen LogP contribution in [-0.2, 0) is 0 Å². The van der Waals surface area contributed by atoms with Crippen molar-refractivity contribution in [3.05, 3.63) is 24.5 Å². The molecular formula is C15H19N3O4. The van der Waals surface area contributed by atoms with Crippen LogP contribution in [0.5, 0.6) is 5.75 Å². The molecule has 0 spiro atoms. The Hall–Kier alpha value is -1.96. The molecule has 7 heteroatoms. The van der Waals surface area contributed by atoms with Crippen molar-refractivity contribution in [3.8, 4) is 5.75 Å². The molecule has 0 saturated heterocycles. The Morgan fingerprint density at radius 2 is 2.09 bits per heavy atom. The van der Waals surface area contributed by atoms with Gasteiger partial charge in [0.25, 0.3) is 0 Å². The number of aromatic nitrogens is 2. The summed E-state index contributed by atoms with van der Waals surface area (Å²) in [6, 6.07) is 5.11. The molecule has 4 N–H and O–H groups in total. The number of methoxy groups -OCH3 is 1. The van der Waals surface area contributed by atoms with E-state index in [0.29, 0.717) is 18.0 Å². The first-order valence-corrected chi connectivity index (χ1v) is 7.17. The van der Waals surface area contributed by atoms with Gasteiger partial charge in [-0.05, 0) is 18.6 Å². The maximum Gasteiger partial charge on any atom is 0.141 e. The topological polar surface area (TPSA) is 108 Å². The van der Waals surface area contributed by atoms with Crippen molar-refractivity contribution in [2.45, 2.75) is 24.7 Å². The average molecular weight is 305 g/mol. The highest BCUT2D eigenvalue weighted by molar-refractivity contribution is 5.94. The molecule has 3 rings (SSSR count). The summed E-state index contributed by atoms with van der Waals surface area (Å²) in [6.07, 6.45) is -0.0143. The third kappa shape index (κ3) is 2.47. The second-order valence-corrected chi connectivity index (χ2v) is 5.49. The highest BCUT2D eigenvalue weighted by Crippen LogP contribution is 2.33. The fourth-order valence-corrected chi connectivity index (χ4v) is 2.98. The maximum absolute atomic E-state index is 10.1. The van der Waals surface area contributed by atoms with E-state index in [2.05, 4.69) is 15.3 Å². The monoisotopic (exact) mass is 305 g/mol. The van der Waals surface area contributed by atoms with Gasteiger partial charge in [-0.25, -0.2) is 9.97 Å². The molecule has 1 saturated carbocycles. The van der Waals surface area contributed by atoms with Crippen molar-refractivity contribution >= 4 is 16.7 Å². The number of ether oxygens (including phenoxy) is 1. The average Bonchev–Trinajstić information content (AvgIpc) is 2.82. The van der Waals surface area contributed by atoms with Crippen molar-refractivity contribution in [2.75, 3.05) is 19.0 Å². The summed E-state index contributed by atoms with van der Waals surface area (Å²) in [7, 11) is 1.57. The van der Waals surface area contributed by atoms with Crippen LogP contribution in [0.1, 0.15) is 6.42 Å². The van der Waals surface area contributed by atoms with E-state index in [1.165, 1.54) is 6.33 Å². The molecular weight excluding hydrogens is 286 g/mol. The van der Waals surface area contributed by atoms with E-state index in [4.69, 9.17) is 4.74 Å². The lowest BCUT2D eigenvalue weighted by Crippen LogP contribution is -2.35. The smallest absolute Gasteiger partial charge is 0.141 e. The molecule has 1 aromatic heterocycles. The molecule has 1 aromatic carbocycles. The van der Waals surface area contributed by atoms with Crippen LogP contribution in [0, 0.1) is 5.92 Å². The second kappa shape index (κ2) is 6.04. The van der Waals surface area contributed by atoms with Gasteiger partial charge in [0, 0.05) is 12.5 Å². The van der Waals surface area contributed by atoms with Crippen LogP contribution >= 0.6 is 0 Å². The molecule has 0 unspecified atom stereocenters. The van der Waals surface area contributed by atoms with E-state index in [-0.39, 0.29) is 12.5 Å². The third-order valence-electron chi connectivity index (χ3n) is 4.20. The summed E-state index contributed by atoms with van der Waals surface area (Å²) >= 11 is 0. The fourth-order valence-electron chi connectivity index (χ4n) is 2.98. The van der Waals surface area contributed by atoms with Crippen molar-refractivity contribution in [2.24, 2.45) is 5.92 Å². The molecule has 22 heavy (non-hydrogen) atoms. The summed E-state index contributed by atoms with van der Waals surface area (Å²) in [6.45, 7) is -0.162. The number of fused-ring (bicyclic) bond motifs is 1. The van der Waals surface area contributed by atoms with Gasteiger partial charge in [-0.1, -0.05) is 6.07 Å². The van der Waals surface area contributed by atoms with Crippen LogP contribution in [-0.4, -0.2) is 57.3 Å². The molecule has 2 aromatic rings. The van der Waals surface area contributed by atoms with E-state index in [1.807, 2.05) is 18.2 Å². The Morgan fingerprint density at radius 3 is 2.77 bits per heavy atom. The molecule has 0 bridgehead atoms. The lowest BCUT2D eigenvalue weighted by atomic mass is 10.1. The van der Waals surface area contributed by atoms with Crippen LogP contribution < -0.4 is 10.1 Å². The number of hydrogen-bond acceptors (Lipinski definition) is 7. The predicted octanol–water partition coefficient (Wildman–Crippen LogP) is 0.153. The fraction of sp³-hybridized carbons (Fsp3) is 0.467. The van der Waals surface area contributed by atoms with Crippen LogP contribution in [0.2, 0.25) is 0 Å². The summed E-state index contributed by atoms with van der Waals surface area (Å²) in [5.74, 6) is 0.826. The Labute approximate surface area is 127 Å². The number of rotatable bonds is 4. The van der Waals surface area contributed by atoms with Crippen molar-refractivity contribution in [1.82, 2.24) is 9.97 Å². The third-order valence-corrected chi connectivity index (χ3v) is 4.20. The molecule has 1 aliphatic carbocycles. The molecule has 1 aliphatic rings. The summed E-state index contributed by atoms with van der Waals surface area (Å²) < 4.78 is 5.35. The highest BCUT2D eigenvalue weighted by Gasteiger charge is 2.41. The lowest BCUT2D eigenvalue weighted by Gasteiger charge is -2.19. The molecule has 118 valence electrons. The summed E-state index contributed by atoms with van der Waals surface area (Å²) in [5.41, 5.74) is 0.726. The van der Waals surface area contributed by atoms with E-state index < -0.39 is 18.2 Å². The predicted molar refractivity (Wildman–Crippen MR) is 80.7 cm³/mol. The zero-order chi connectivity index (χ0) is 15.7. The Kier molecular flexibility index (Phi) is 4.10. The molecule has 0 aliphatic heterocycles. The van der Waals surface area contributed by atoms with Gasteiger partial charge >= 0.3 is 0 Å². The molecule has 1 fully saturated rings. The molecule has 4 atom stereocenters. The molecule has 0 radical (unpaired) electrons. The summed E-state index contributed by atoms with van der Waals surface area (Å²) in [4.78, 5) is 8.44. The first-order chi connectivity index (χ1) is 10.7. The second-order valence-electron chi connectivity index (χ2n) is 5.49. The van der Waals surface area contributed by atoms with Gasteiger partial charge < -0.3 is 25.4 Å². The minimum Gasteiger partial charge on any atom is -0.496 e. The minimum absolute atomic E-state index is 0.162. The normalized spacial score (nSPS) is 28.0. The van der Waals surface area contributed by atoms with Gasteiger partial charge in [0.2, 0.25) is 0 Å². The number of hydrogen-bond donors (Lipinski definition) is 4. The SMILES string of the molecule is COc1cccc2ncnc(N[C@@H]3C[C@H](CO)[C@@H](O)[C@H]3O)c12. The van der Waals surface area contributed by atoms with E-state index in [1.54, 1.807) is 7.11 Å². The van der Waals surface area contributed by atoms with Crippen molar-refractivity contribution < 1.29 is 20.1 Å². The first-order valence-electron chi connectivity index (χ1n) is 7.17. The van der Waals surface area contributed by atoms with E-state index in [0.717, 1.165) is 10.9 Å². The minimum atomic E-state index is -0.961. The quantitative estimate of drug-likeness (QED) is 0.637. The van der Waals surface area contributed by atoms with Gasteiger partial charge in [0.1, 0.15) is 24.0 Å². The van der Waals surface area contributed by atoms with Crippen LogP contribution in [0.25, 0.3) is 10.9 Å². The van der Waals surface area contributed by atoms with Gasteiger partial charge in [0.05, 0.1) is 30.2 Å². The number of aliphatic hydroxyl groups is 3. The standard InChI is InChI=1S/C15H19N3O4/c1-22-11-4-2-3-9-12(11)15(17-7-16-9)18-10-5-8(6-19)13(20)14(10)21/h2-4,7-8,10,13-14,19-21H,5-6H2,1H3,(H,16,17,18)/t8-,10-,13-,14+/m1/s1. The summed E-state index contributed by atoms with van der Waals surface area (Å²) in [5, 5.41) is 33.2. The number of anilines is 1. The number of nitrogens with zero attached hydrogens (tertiary/aromatic N) is 2. The van der Waals surface area contributed by atoms with Gasteiger partial charge in [0.15, 0.2) is 0 Å². The molecule has 7 nitrogen and oxygen atoms in total. The largest absolute Gasteiger partial charge is 0.496 e. The van der Waals surface area contributed by atoms with E-state index in [9.17, 15) is 15.3 Å². The highest BCUT2D eigenvalue weighted by atomic mass is 16.5. The van der Waals surface area contributed by atoms with Crippen LogP contribution in [0.15, 0.2) is 24.5 Å². The van der Waals surface area contributed by atoms with E-state index >= 15 is 0 Å². The number of nitrogens with one attached hydrogen (secondary N) is 1. The van der Waals surface area contributed by atoms with Crippen molar-refractivity contribution in [3.63, 3.8) is 0 Å². The van der Waals surface area contributed by atoms with Gasteiger partial charge in [-0.3, -0.25) is 0 Å². The first kappa shape index (κ1) is 15.0. The Bertz CT molecular complexity index is 661. The van der Waals surface area contributed by atoms with Crippen LogP contribution in [0.3, 0.4) is 0 Å². The van der Waals surface area contributed by atoms with Gasteiger partial charge in [-0.15, -0.1) is 0 Å². The lowest BCUT2D eigenvalue weighted by molar-refractivity contribution is 0.00446. The molecule has 0 amide bonds. The number of benzene rings is 1. The number of aliphatic hydroxyl groups excluding tert-OH is 3. The van der Waals surface area contributed by atoms with Crippen LogP contribution in [0.4, 0.5) is 5.82 Å². The van der Waals surface area contributed by atoms with Gasteiger partial charge in [-0.2, -0.15) is 0 Å².